The molecular weight excluding hydrogens is 140 g/mol. The molecule has 11 heavy (non-hydrogen) atoms. The number of nitrogens with zero attached hydrogens (tertiary/aromatic N) is 2. The van der Waals surface area contributed by atoms with Crippen LogP contribution >= 0.6 is 0 Å². The lowest BCUT2D eigenvalue weighted by Gasteiger charge is -2.17. The minimum atomic E-state index is -0.221. The Balaban J connectivity index is 2.92. The number of hydrogen-bond acceptors (Lipinski definition) is 2. The molecule has 0 atom stereocenters. The highest BCUT2D eigenvalue weighted by Gasteiger charge is 2.21. The highest BCUT2D eigenvalue weighted by Crippen LogP contribution is 2.19. The van der Waals surface area contributed by atoms with Gasteiger partial charge in [0, 0.05) is 18.7 Å². The van der Waals surface area contributed by atoms with Crippen molar-refractivity contribution in [2.24, 2.45) is 7.05 Å². The summed E-state index contributed by atoms with van der Waals surface area (Å²) in [6.45, 7) is 4.06. The largest absolute Gasteiger partial charge is 0.395 e. The van der Waals surface area contributed by atoms with Gasteiger partial charge in [-0.2, -0.15) is 0 Å². The van der Waals surface area contributed by atoms with Crippen LogP contribution in [-0.2, 0) is 12.5 Å². The summed E-state index contributed by atoms with van der Waals surface area (Å²) in [5, 5.41) is 9.01. The molecule has 0 spiro atoms. The van der Waals surface area contributed by atoms with Gasteiger partial charge in [-0.15, -0.1) is 0 Å². The van der Waals surface area contributed by atoms with Crippen LogP contribution in [0.15, 0.2) is 12.5 Å². The van der Waals surface area contributed by atoms with Crippen molar-refractivity contribution in [3.8, 4) is 0 Å². The summed E-state index contributed by atoms with van der Waals surface area (Å²) in [6.07, 6.45) is 3.67. The summed E-state index contributed by atoms with van der Waals surface area (Å²) in [6, 6.07) is 0. The summed E-state index contributed by atoms with van der Waals surface area (Å²) < 4.78 is 1.88. The quantitative estimate of drug-likeness (QED) is 0.680. The van der Waals surface area contributed by atoms with Crippen molar-refractivity contribution in [3.63, 3.8) is 0 Å². The molecule has 0 bridgehead atoms. The van der Waals surface area contributed by atoms with E-state index in [0.29, 0.717) is 0 Å². The van der Waals surface area contributed by atoms with Crippen LogP contribution in [-0.4, -0.2) is 21.3 Å². The monoisotopic (exact) mass is 154 g/mol. The summed E-state index contributed by atoms with van der Waals surface area (Å²) >= 11 is 0. The Kier molecular flexibility index (Phi) is 2.00. The third-order valence-corrected chi connectivity index (χ3v) is 1.79. The number of aryl methyl sites for hydroxylation is 1. The van der Waals surface area contributed by atoms with Crippen molar-refractivity contribution in [3.05, 3.63) is 18.2 Å². The van der Waals surface area contributed by atoms with E-state index < -0.39 is 0 Å². The van der Waals surface area contributed by atoms with E-state index in [0.717, 1.165) is 5.69 Å². The normalized spacial score (nSPS) is 12.0. The lowest BCUT2D eigenvalue weighted by Crippen LogP contribution is -2.22. The van der Waals surface area contributed by atoms with Crippen LogP contribution in [0.5, 0.6) is 0 Å². The van der Waals surface area contributed by atoms with Crippen molar-refractivity contribution >= 4 is 0 Å². The van der Waals surface area contributed by atoms with Crippen molar-refractivity contribution in [1.82, 2.24) is 9.55 Å². The zero-order valence-electron chi connectivity index (χ0n) is 7.20. The maximum Gasteiger partial charge on any atom is 0.0947 e. The molecule has 0 aliphatic heterocycles. The van der Waals surface area contributed by atoms with E-state index >= 15 is 0 Å². The van der Waals surface area contributed by atoms with Gasteiger partial charge >= 0.3 is 0 Å². The van der Waals surface area contributed by atoms with Gasteiger partial charge in [-0.1, -0.05) is 13.8 Å². The molecule has 0 saturated carbocycles. The fourth-order valence-corrected chi connectivity index (χ4v) is 0.843. The van der Waals surface area contributed by atoms with Crippen LogP contribution in [0.1, 0.15) is 19.5 Å². The number of hydrogen-bond donors (Lipinski definition) is 1. The van der Waals surface area contributed by atoms with E-state index in [1.807, 2.05) is 31.7 Å². The van der Waals surface area contributed by atoms with Gasteiger partial charge in [0.05, 0.1) is 18.6 Å². The molecule has 0 aromatic carbocycles. The van der Waals surface area contributed by atoms with E-state index in [4.69, 9.17) is 5.11 Å². The molecule has 0 saturated heterocycles. The third-order valence-electron chi connectivity index (χ3n) is 1.79. The highest BCUT2D eigenvalue weighted by atomic mass is 16.3. The SMILES string of the molecule is Cn1cnc(C(C)(C)CO)c1. The summed E-state index contributed by atoms with van der Waals surface area (Å²) in [4.78, 5) is 4.16. The molecule has 0 fully saturated rings. The maximum absolute atomic E-state index is 9.01. The first-order valence-electron chi connectivity index (χ1n) is 3.65. The summed E-state index contributed by atoms with van der Waals surface area (Å²) in [5.41, 5.74) is 0.712. The first-order chi connectivity index (χ1) is 5.06. The Bertz CT molecular complexity index is 240. The Morgan fingerprint density at radius 3 is 2.64 bits per heavy atom. The summed E-state index contributed by atoms with van der Waals surface area (Å²) in [7, 11) is 1.92. The molecule has 0 aliphatic carbocycles. The van der Waals surface area contributed by atoms with E-state index in [2.05, 4.69) is 4.98 Å². The first kappa shape index (κ1) is 8.27. The van der Waals surface area contributed by atoms with Crippen molar-refractivity contribution in [2.45, 2.75) is 19.3 Å². The molecule has 62 valence electrons. The van der Waals surface area contributed by atoms with Gasteiger partial charge in [0.2, 0.25) is 0 Å². The Morgan fingerprint density at radius 2 is 2.27 bits per heavy atom. The van der Waals surface area contributed by atoms with Gasteiger partial charge in [-0.25, -0.2) is 4.98 Å². The number of aromatic nitrogens is 2. The van der Waals surface area contributed by atoms with Gasteiger partial charge in [-0.05, 0) is 0 Å². The zero-order chi connectivity index (χ0) is 8.48. The van der Waals surface area contributed by atoms with Gasteiger partial charge < -0.3 is 9.67 Å². The van der Waals surface area contributed by atoms with E-state index in [1.54, 1.807) is 6.33 Å². The molecule has 0 amide bonds. The van der Waals surface area contributed by atoms with E-state index in [1.165, 1.54) is 0 Å². The predicted molar refractivity (Wildman–Crippen MR) is 43.3 cm³/mol. The van der Waals surface area contributed by atoms with Gasteiger partial charge in [0.25, 0.3) is 0 Å². The van der Waals surface area contributed by atoms with Crippen LogP contribution in [0, 0.1) is 0 Å². The Labute approximate surface area is 66.7 Å². The molecule has 3 nitrogen and oxygen atoms in total. The lowest BCUT2D eigenvalue weighted by molar-refractivity contribution is 0.215. The van der Waals surface area contributed by atoms with Gasteiger partial charge in [-0.3, -0.25) is 0 Å². The van der Waals surface area contributed by atoms with Gasteiger partial charge in [0.1, 0.15) is 0 Å². The standard InChI is InChI=1S/C8H14N2O/c1-8(2,5-11)7-4-10(3)6-9-7/h4,6,11H,5H2,1-3H3. The molecule has 1 heterocycles. The van der Waals surface area contributed by atoms with E-state index in [9.17, 15) is 0 Å². The minimum Gasteiger partial charge on any atom is -0.395 e. The average molecular weight is 154 g/mol. The molecule has 0 unspecified atom stereocenters. The van der Waals surface area contributed by atoms with Crippen molar-refractivity contribution in [2.75, 3.05) is 6.61 Å². The molecule has 0 radical (unpaired) electrons. The van der Waals surface area contributed by atoms with E-state index in [-0.39, 0.29) is 12.0 Å². The Hall–Kier alpha value is -0.830. The number of rotatable bonds is 2. The minimum absolute atomic E-state index is 0.129. The fraction of sp³-hybridized carbons (Fsp3) is 0.625. The fourth-order valence-electron chi connectivity index (χ4n) is 0.843. The maximum atomic E-state index is 9.01. The third kappa shape index (κ3) is 1.60. The number of aliphatic hydroxyl groups is 1. The van der Waals surface area contributed by atoms with Crippen molar-refractivity contribution in [1.29, 1.82) is 0 Å². The molecule has 1 aromatic heterocycles. The number of aliphatic hydroxyl groups excluding tert-OH is 1. The number of imidazole rings is 1. The molecule has 1 aromatic rings. The molecule has 0 aliphatic rings. The van der Waals surface area contributed by atoms with Crippen LogP contribution < -0.4 is 0 Å². The van der Waals surface area contributed by atoms with Crippen molar-refractivity contribution < 1.29 is 5.11 Å². The molecule has 1 rings (SSSR count). The first-order valence-corrected chi connectivity index (χ1v) is 3.65. The average Bonchev–Trinajstić information content (AvgIpc) is 2.36. The Morgan fingerprint density at radius 1 is 1.64 bits per heavy atom. The summed E-state index contributed by atoms with van der Waals surface area (Å²) in [5.74, 6) is 0. The second-order valence-corrected chi connectivity index (χ2v) is 3.47. The smallest absolute Gasteiger partial charge is 0.0947 e. The zero-order valence-corrected chi connectivity index (χ0v) is 7.20. The molecule has 3 heteroatoms. The topological polar surface area (TPSA) is 38.0 Å². The molecular formula is C8H14N2O. The van der Waals surface area contributed by atoms with Gasteiger partial charge in [0.15, 0.2) is 0 Å². The lowest BCUT2D eigenvalue weighted by atomic mass is 9.91. The highest BCUT2D eigenvalue weighted by molar-refractivity contribution is 5.10. The van der Waals surface area contributed by atoms with Crippen LogP contribution in [0.25, 0.3) is 0 Å². The molecule has 1 N–H and O–H groups in total. The van der Waals surface area contributed by atoms with Crippen LogP contribution in [0.2, 0.25) is 0 Å². The second-order valence-electron chi connectivity index (χ2n) is 3.47. The second kappa shape index (κ2) is 2.66. The van der Waals surface area contributed by atoms with Crippen LogP contribution in [0.3, 0.4) is 0 Å². The predicted octanol–water partition coefficient (Wildman–Crippen LogP) is 0.690. The van der Waals surface area contributed by atoms with Crippen LogP contribution in [0.4, 0.5) is 0 Å².